The summed E-state index contributed by atoms with van der Waals surface area (Å²) in [4.78, 5) is 35.9. The highest BCUT2D eigenvalue weighted by atomic mass is 16.5. The third-order valence-electron chi connectivity index (χ3n) is 3.97. The lowest BCUT2D eigenvalue weighted by molar-refractivity contribution is -0.153. The van der Waals surface area contributed by atoms with Crippen LogP contribution in [0.25, 0.3) is 0 Å². The van der Waals surface area contributed by atoms with Crippen molar-refractivity contribution in [2.45, 2.75) is 19.4 Å². The van der Waals surface area contributed by atoms with Crippen LogP contribution in [0.15, 0.2) is 48.5 Å². The van der Waals surface area contributed by atoms with Crippen molar-refractivity contribution in [2.75, 3.05) is 31.4 Å². The van der Waals surface area contributed by atoms with Gasteiger partial charge in [-0.05, 0) is 31.2 Å². The Morgan fingerprint density at radius 3 is 2.27 bits per heavy atom. The van der Waals surface area contributed by atoms with Crippen LogP contribution in [-0.2, 0) is 14.3 Å². The number of esters is 1. The van der Waals surface area contributed by atoms with Crippen LogP contribution in [0.5, 0.6) is 11.5 Å². The van der Waals surface area contributed by atoms with Gasteiger partial charge in [-0.15, -0.1) is 0 Å². The van der Waals surface area contributed by atoms with E-state index >= 15 is 0 Å². The number of hydrogen-bond acceptors (Lipinski definition) is 6. The van der Waals surface area contributed by atoms with Gasteiger partial charge in [0.15, 0.2) is 17.6 Å². The van der Waals surface area contributed by atoms with Gasteiger partial charge in [0.2, 0.25) is 0 Å². The molecule has 160 valence electrons. The second-order valence-corrected chi connectivity index (χ2v) is 6.19. The Labute approximate surface area is 174 Å². The number of benzene rings is 2. The van der Waals surface area contributed by atoms with Crippen LogP contribution in [0.2, 0.25) is 0 Å². The molecule has 0 aliphatic carbocycles. The maximum Gasteiger partial charge on any atom is 0.319 e. The Morgan fingerprint density at radius 1 is 0.900 bits per heavy atom. The van der Waals surface area contributed by atoms with Crippen molar-refractivity contribution in [3.8, 4) is 11.5 Å². The number of para-hydroxylation sites is 1. The van der Waals surface area contributed by atoms with Gasteiger partial charge in [-0.3, -0.25) is 9.59 Å². The van der Waals surface area contributed by atoms with E-state index in [-0.39, 0.29) is 13.0 Å². The van der Waals surface area contributed by atoms with Crippen LogP contribution in [0.3, 0.4) is 0 Å². The van der Waals surface area contributed by atoms with Gasteiger partial charge in [0, 0.05) is 24.0 Å². The molecule has 0 spiro atoms. The van der Waals surface area contributed by atoms with Crippen molar-refractivity contribution in [3.05, 3.63) is 48.5 Å². The highest BCUT2D eigenvalue weighted by Gasteiger charge is 2.18. The van der Waals surface area contributed by atoms with Crippen molar-refractivity contribution in [1.29, 1.82) is 0 Å². The number of amides is 3. The fourth-order valence-corrected chi connectivity index (χ4v) is 2.44. The van der Waals surface area contributed by atoms with Crippen molar-refractivity contribution in [3.63, 3.8) is 0 Å². The second kappa shape index (κ2) is 11.3. The molecule has 9 nitrogen and oxygen atoms in total. The molecule has 0 unspecified atom stereocenters. The predicted molar refractivity (Wildman–Crippen MR) is 112 cm³/mol. The maximum atomic E-state index is 12.2. The Kier molecular flexibility index (Phi) is 8.49. The molecule has 3 N–H and O–H groups in total. The third-order valence-corrected chi connectivity index (χ3v) is 3.97. The van der Waals surface area contributed by atoms with E-state index in [4.69, 9.17) is 14.2 Å². The van der Waals surface area contributed by atoms with Crippen molar-refractivity contribution in [1.82, 2.24) is 5.32 Å². The average molecular weight is 415 g/mol. The molecule has 0 aliphatic heterocycles. The highest BCUT2D eigenvalue weighted by Crippen LogP contribution is 2.29. The average Bonchev–Trinajstić information content (AvgIpc) is 2.74. The van der Waals surface area contributed by atoms with Crippen molar-refractivity contribution >= 4 is 29.3 Å². The van der Waals surface area contributed by atoms with Crippen LogP contribution in [0.1, 0.15) is 13.3 Å². The van der Waals surface area contributed by atoms with Gasteiger partial charge in [-0.25, -0.2) is 4.79 Å². The smallest absolute Gasteiger partial charge is 0.319 e. The lowest BCUT2D eigenvalue weighted by Gasteiger charge is -2.15. The Morgan fingerprint density at radius 2 is 1.60 bits per heavy atom. The van der Waals surface area contributed by atoms with Gasteiger partial charge < -0.3 is 30.2 Å². The fourth-order valence-electron chi connectivity index (χ4n) is 2.44. The molecule has 0 saturated carbocycles. The molecule has 30 heavy (non-hydrogen) atoms. The van der Waals surface area contributed by atoms with E-state index in [0.29, 0.717) is 22.9 Å². The molecule has 0 radical (unpaired) electrons. The zero-order chi connectivity index (χ0) is 21.9. The zero-order valence-corrected chi connectivity index (χ0v) is 17.1. The first-order chi connectivity index (χ1) is 14.4. The SMILES string of the molecule is COc1ccc(NC(=O)[C@@H](C)OC(=O)CCNC(=O)Nc2ccccc2)cc1OC. The van der Waals surface area contributed by atoms with Crippen LogP contribution >= 0.6 is 0 Å². The van der Waals surface area contributed by atoms with Crippen LogP contribution in [0.4, 0.5) is 16.2 Å². The van der Waals surface area contributed by atoms with Gasteiger partial charge in [0.25, 0.3) is 5.91 Å². The first-order valence-electron chi connectivity index (χ1n) is 9.25. The Balaban J connectivity index is 1.74. The molecule has 2 aromatic carbocycles. The minimum Gasteiger partial charge on any atom is -0.493 e. The molecule has 0 aliphatic rings. The predicted octanol–water partition coefficient (Wildman–Crippen LogP) is 2.79. The summed E-state index contributed by atoms with van der Waals surface area (Å²) in [6.45, 7) is 1.53. The normalized spacial score (nSPS) is 11.0. The molecule has 0 saturated heterocycles. The van der Waals surface area contributed by atoms with E-state index < -0.39 is 24.0 Å². The summed E-state index contributed by atoms with van der Waals surface area (Å²) in [5.74, 6) is -0.117. The lowest BCUT2D eigenvalue weighted by atomic mass is 10.2. The van der Waals surface area contributed by atoms with Gasteiger partial charge >= 0.3 is 12.0 Å². The largest absolute Gasteiger partial charge is 0.493 e. The van der Waals surface area contributed by atoms with Crippen LogP contribution < -0.4 is 25.4 Å². The topological polar surface area (TPSA) is 115 Å². The summed E-state index contributed by atoms with van der Waals surface area (Å²) < 4.78 is 15.4. The molecular weight excluding hydrogens is 390 g/mol. The third kappa shape index (κ3) is 7.01. The molecule has 0 aromatic heterocycles. The summed E-state index contributed by atoms with van der Waals surface area (Å²) in [6, 6.07) is 13.4. The monoisotopic (exact) mass is 415 g/mol. The summed E-state index contributed by atoms with van der Waals surface area (Å²) >= 11 is 0. The number of urea groups is 1. The molecule has 0 fully saturated rings. The molecule has 1 atom stereocenters. The van der Waals surface area contributed by atoms with Gasteiger partial charge in [-0.2, -0.15) is 0 Å². The van der Waals surface area contributed by atoms with Crippen molar-refractivity contribution in [2.24, 2.45) is 0 Å². The van der Waals surface area contributed by atoms with Gasteiger partial charge in [-0.1, -0.05) is 18.2 Å². The number of nitrogens with one attached hydrogen (secondary N) is 3. The minimum atomic E-state index is -1.01. The number of methoxy groups -OCH3 is 2. The van der Waals surface area contributed by atoms with Crippen LogP contribution in [-0.4, -0.2) is 44.8 Å². The summed E-state index contributed by atoms with van der Waals surface area (Å²) in [6.07, 6.45) is -1.08. The zero-order valence-electron chi connectivity index (χ0n) is 17.1. The number of hydrogen-bond donors (Lipinski definition) is 3. The minimum absolute atomic E-state index is 0.0710. The summed E-state index contributed by atoms with van der Waals surface area (Å²) in [5, 5.41) is 7.83. The highest BCUT2D eigenvalue weighted by molar-refractivity contribution is 5.95. The Hall–Kier alpha value is -3.75. The molecule has 3 amide bonds. The standard InChI is InChI=1S/C21H25N3O6/c1-14(20(26)23-16-9-10-17(28-2)18(13-16)29-3)30-19(25)11-12-22-21(27)24-15-7-5-4-6-8-15/h4-10,13-14H,11-12H2,1-3H3,(H,23,26)(H2,22,24,27)/t14-/m1/s1. The van der Waals surface area contributed by atoms with Crippen LogP contribution in [0, 0.1) is 0 Å². The number of ether oxygens (including phenoxy) is 3. The number of carbonyl (C=O) groups excluding carboxylic acids is 3. The van der Waals surface area contributed by atoms with E-state index in [2.05, 4.69) is 16.0 Å². The second-order valence-electron chi connectivity index (χ2n) is 6.19. The van der Waals surface area contributed by atoms with Crippen molar-refractivity contribution < 1.29 is 28.6 Å². The fraction of sp³-hybridized carbons (Fsp3) is 0.286. The Bertz CT molecular complexity index is 872. The van der Waals surface area contributed by atoms with E-state index in [1.54, 1.807) is 42.5 Å². The number of rotatable bonds is 9. The first-order valence-corrected chi connectivity index (χ1v) is 9.25. The lowest BCUT2D eigenvalue weighted by Crippen LogP contribution is -2.33. The molecule has 2 rings (SSSR count). The van der Waals surface area contributed by atoms with Gasteiger partial charge in [0.05, 0.1) is 20.6 Å². The first kappa shape index (κ1) is 22.5. The van der Waals surface area contributed by atoms with E-state index in [9.17, 15) is 14.4 Å². The molecule has 9 heteroatoms. The molecule has 2 aromatic rings. The molecule has 0 heterocycles. The van der Waals surface area contributed by atoms with Gasteiger partial charge in [0.1, 0.15) is 0 Å². The quantitative estimate of drug-likeness (QED) is 0.543. The molecule has 0 bridgehead atoms. The summed E-state index contributed by atoms with van der Waals surface area (Å²) in [7, 11) is 3.00. The number of carbonyl (C=O) groups is 3. The maximum absolute atomic E-state index is 12.2. The van der Waals surface area contributed by atoms with E-state index in [1.807, 2.05) is 6.07 Å². The van der Waals surface area contributed by atoms with E-state index in [1.165, 1.54) is 21.1 Å². The summed E-state index contributed by atoms with van der Waals surface area (Å²) in [5.41, 5.74) is 1.11. The van der Waals surface area contributed by atoms with E-state index in [0.717, 1.165) is 0 Å². The number of anilines is 2. The molecular formula is C21H25N3O6.